The van der Waals surface area contributed by atoms with Gasteiger partial charge in [-0.1, -0.05) is 115 Å². The zero-order valence-corrected chi connectivity index (χ0v) is 32.4. The molecule has 8 aromatic carbocycles. The number of aromatic nitrogens is 5. The number of hydrogen-bond donors (Lipinski definition) is 0. The number of thiophene rings is 2. The van der Waals surface area contributed by atoms with E-state index in [0.717, 1.165) is 38.6 Å². The Bertz CT molecular complexity index is 3640. The van der Waals surface area contributed by atoms with Crippen LogP contribution in [-0.2, 0) is 0 Å². The second-order valence-corrected chi connectivity index (χ2v) is 16.9. The summed E-state index contributed by atoms with van der Waals surface area (Å²) in [4.78, 5) is 16.2. The minimum Gasteiger partial charge on any atom is -0.309 e. The van der Waals surface area contributed by atoms with Gasteiger partial charge in [0.25, 0.3) is 0 Å². The fraction of sp³-hybridized carbons (Fsp3) is 0. The topological polar surface area (TPSA) is 48.5 Å². The minimum absolute atomic E-state index is 0.590. The first-order valence-corrected chi connectivity index (χ1v) is 21.0. The lowest BCUT2D eigenvalue weighted by molar-refractivity contribution is 0.955. The van der Waals surface area contributed by atoms with E-state index >= 15 is 0 Å². The maximum Gasteiger partial charge on any atom is 0.238 e. The number of benzene rings is 8. The standard InChI is InChI=1S/C51H29N5S2/c1-6-22-41-31(13-1)32-14-2-7-23-42(32)55(41)30-27-28-44-40(29-30)33-15-3-8-24-43(33)56(44)51-53-49(38-20-11-18-36-34-16-4-9-25-45(34)57-47(36)38)52-50(54-51)39-21-12-19-37-35-17-5-10-26-46(35)58-48(37)39/h1-29H. The van der Waals surface area contributed by atoms with E-state index in [4.69, 9.17) is 15.0 Å². The predicted octanol–water partition coefficient (Wildman–Crippen LogP) is 14.1. The molecule has 7 heteroatoms. The lowest BCUT2D eigenvalue weighted by Crippen LogP contribution is -2.06. The maximum atomic E-state index is 5.41. The van der Waals surface area contributed by atoms with Gasteiger partial charge in [0.05, 0.1) is 22.1 Å². The van der Waals surface area contributed by atoms with Crippen molar-refractivity contribution < 1.29 is 0 Å². The summed E-state index contributed by atoms with van der Waals surface area (Å²) in [7, 11) is 0. The molecular weight excluding hydrogens is 747 g/mol. The summed E-state index contributed by atoms with van der Waals surface area (Å²) in [6, 6.07) is 63.0. The monoisotopic (exact) mass is 775 g/mol. The van der Waals surface area contributed by atoms with Gasteiger partial charge in [0.15, 0.2) is 11.6 Å². The molecule has 0 saturated carbocycles. The zero-order chi connectivity index (χ0) is 37.9. The van der Waals surface area contributed by atoms with Crippen LogP contribution in [0.2, 0.25) is 0 Å². The van der Waals surface area contributed by atoms with Crippen molar-refractivity contribution in [3.8, 4) is 34.4 Å². The quantitative estimate of drug-likeness (QED) is 0.179. The summed E-state index contributed by atoms with van der Waals surface area (Å²) in [5, 5.41) is 9.68. The van der Waals surface area contributed by atoms with Crippen molar-refractivity contribution in [2.45, 2.75) is 0 Å². The molecule has 0 atom stereocenters. The highest BCUT2D eigenvalue weighted by atomic mass is 32.1. The molecule has 0 fully saturated rings. The Labute approximate surface area is 339 Å². The summed E-state index contributed by atoms with van der Waals surface area (Å²) in [5.41, 5.74) is 7.56. The smallest absolute Gasteiger partial charge is 0.238 e. The van der Waals surface area contributed by atoms with Crippen molar-refractivity contribution >= 4 is 107 Å². The molecule has 0 aliphatic carbocycles. The van der Waals surface area contributed by atoms with Crippen LogP contribution in [0.4, 0.5) is 0 Å². The molecule has 0 unspecified atom stereocenters. The number of hydrogen-bond acceptors (Lipinski definition) is 5. The molecule has 0 aliphatic rings. The van der Waals surface area contributed by atoms with E-state index in [2.05, 4.69) is 185 Å². The molecule has 0 radical (unpaired) electrons. The van der Waals surface area contributed by atoms with Crippen LogP contribution in [0.3, 0.4) is 0 Å². The number of rotatable bonds is 4. The Morgan fingerprint density at radius 2 is 0.759 bits per heavy atom. The van der Waals surface area contributed by atoms with Gasteiger partial charge in [-0.15, -0.1) is 22.7 Å². The van der Waals surface area contributed by atoms with Crippen LogP contribution in [0.25, 0.3) is 118 Å². The molecular formula is C51H29N5S2. The van der Waals surface area contributed by atoms with E-state index in [1.807, 2.05) is 0 Å². The van der Waals surface area contributed by atoms with Crippen LogP contribution in [0.15, 0.2) is 176 Å². The fourth-order valence-electron chi connectivity index (χ4n) is 9.07. The maximum absolute atomic E-state index is 5.41. The fourth-order valence-corrected chi connectivity index (χ4v) is 11.5. The summed E-state index contributed by atoms with van der Waals surface area (Å²) >= 11 is 3.59. The van der Waals surface area contributed by atoms with Crippen molar-refractivity contribution in [3.63, 3.8) is 0 Å². The Kier molecular flexibility index (Phi) is 6.70. The van der Waals surface area contributed by atoms with Crippen molar-refractivity contribution in [1.82, 2.24) is 24.1 Å². The lowest BCUT2D eigenvalue weighted by atomic mass is 10.1. The summed E-state index contributed by atoms with van der Waals surface area (Å²) in [6.07, 6.45) is 0. The molecule has 13 rings (SSSR count). The molecule has 0 bridgehead atoms. The second kappa shape index (κ2) is 12.2. The minimum atomic E-state index is 0.590. The first-order valence-electron chi connectivity index (χ1n) is 19.4. The van der Waals surface area contributed by atoms with Gasteiger partial charge >= 0.3 is 0 Å². The molecule has 5 aromatic heterocycles. The molecule has 0 N–H and O–H groups in total. The summed E-state index contributed by atoms with van der Waals surface area (Å²) in [5.74, 6) is 1.90. The molecule has 0 saturated heterocycles. The van der Waals surface area contributed by atoms with E-state index in [1.165, 1.54) is 62.2 Å². The SMILES string of the molecule is c1ccc2c(c1)sc1c(-c3nc(-c4cccc5c4sc4ccccc45)nc(-n4c5ccccc5c5cc(-n6c7ccccc7c7ccccc76)ccc54)n3)cccc12. The van der Waals surface area contributed by atoms with E-state index in [0.29, 0.717) is 17.6 Å². The van der Waals surface area contributed by atoms with Gasteiger partial charge < -0.3 is 4.57 Å². The van der Waals surface area contributed by atoms with Crippen molar-refractivity contribution in [2.24, 2.45) is 0 Å². The third-order valence-electron chi connectivity index (χ3n) is 11.6. The van der Waals surface area contributed by atoms with Crippen molar-refractivity contribution in [3.05, 3.63) is 176 Å². The van der Waals surface area contributed by atoms with Crippen LogP contribution in [0, 0.1) is 0 Å². The highest BCUT2D eigenvalue weighted by Gasteiger charge is 2.22. The molecule has 0 spiro atoms. The Hall–Kier alpha value is -7.19. The molecule has 58 heavy (non-hydrogen) atoms. The molecule has 5 heterocycles. The summed E-state index contributed by atoms with van der Waals surface area (Å²) in [6.45, 7) is 0. The van der Waals surface area contributed by atoms with Crippen LogP contribution < -0.4 is 0 Å². The summed E-state index contributed by atoms with van der Waals surface area (Å²) < 4.78 is 9.44. The van der Waals surface area contributed by atoms with Gasteiger partial charge in [0.1, 0.15) is 0 Å². The average molecular weight is 776 g/mol. The largest absolute Gasteiger partial charge is 0.309 e. The molecule has 270 valence electrons. The lowest BCUT2D eigenvalue weighted by Gasteiger charge is -2.12. The zero-order valence-electron chi connectivity index (χ0n) is 30.8. The predicted molar refractivity (Wildman–Crippen MR) is 245 cm³/mol. The van der Waals surface area contributed by atoms with E-state index in [-0.39, 0.29) is 0 Å². The van der Waals surface area contributed by atoms with Gasteiger partial charge in [0, 0.05) is 78.7 Å². The highest BCUT2D eigenvalue weighted by molar-refractivity contribution is 7.26. The molecule has 0 aliphatic heterocycles. The van der Waals surface area contributed by atoms with Gasteiger partial charge in [-0.05, 0) is 60.7 Å². The second-order valence-electron chi connectivity index (χ2n) is 14.8. The normalized spacial score (nSPS) is 12.1. The van der Waals surface area contributed by atoms with Gasteiger partial charge in [-0.2, -0.15) is 9.97 Å². The van der Waals surface area contributed by atoms with E-state index < -0.39 is 0 Å². The first-order chi connectivity index (χ1) is 28.8. The average Bonchev–Trinajstić information content (AvgIpc) is 4.04. The molecule has 0 amide bonds. The highest BCUT2D eigenvalue weighted by Crippen LogP contribution is 2.43. The number of para-hydroxylation sites is 3. The van der Waals surface area contributed by atoms with Crippen molar-refractivity contribution in [1.29, 1.82) is 0 Å². The molecule has 13 aromatic rings. The Morgan fingerprint density at radius 1 is 0.328 bits per heavy atom. The third-order valence-corrected chi connectivity index (χ3v) is 14.0. The van der Waals surface area contributed by atoms with Crippen molar-refractivity contribution in [2.75, 3.05) is 0 Å². The van der Waals surface area contributed by atoms with Crippen LogP contribution in [0.1, 0.15) is 0 Å². The Morgan fingerprint density at radius 3 is 1.31 bits per heavy atom. The van der Waals surface area contributed by atoms with Crippen LogP contribution in [-0.4, -0.2) is 24.1 Å². The Balaban J connectivity index is 1.10. The van der Waals surface area contributed by atoms with Gasteiger partial charge in [-0.25, -0.2) is 4.98 Å². The third kappa shape index (κ3) is 4.54. The van der Waals surface area contributed by atoms with Crippen LogP contribution >= 0.6 is 22.7 Å². The molecule has 5 nitrogen and oxygen atoms in total. The van der Waals surface area contributed by atoms with Crippen LogP contribution in [0.5, 0.6) is 0 Å². The van der Waals surface area contributed by atoms with E-state index in [9.17, 15) is 0 Å². The number of fused-ring (bicyclic) bond motifs is 12. The van der Waals surface area contributed by atoms with Gasteiger partial charge in [-0.3, -0.25) is 4.57 Å². The van der Waals surface area contributed by atoms with E-state index in [1.54, 1.807) is 22.7 Å². The van der Waals surface area contributed by atoms with Gasteiger partial charge in [0.2, 0.25) is 5.95 Å². The number of nitrogens with zero attached hydrogens (tertiary/aromatic N) is 5. The first kappa shape index (κ1) is 32.0.